The van der Waals surface area contributed by atoms with Crippen LogP contribution in [0.5, 0.6) is 0 Å². The minimum atomic E-state index is -0.498. The Morgan fingerprint density at radius 2 is 1.90 bits per heavy atom. The van der Waals surface area contributed by atoms with Crippen LogP contribution in [0.1, 0.15) is 15.9 Å². The molecule has 2 aromatic rings. The first-order valence-corrected chi connectivity index (χ1v) is 6.22. The van der Waals surface area contributed by atoms with Gasteiger partial charge >= 0.3 is 0 Å². The SMILES string of the molecule is Cc1ccc(NC(=O)c2cc(Cl)ccc2NN)c(F)c1. The summed E-state index contributed by atoms with van der Waals surface area (Å²) >= 11 is 5.85. The van der Waals surface area contributed by atoms with E-state index in [2.05, 4.69) is 10.7 Å². The maximum atomic E-state index is 13.7. The minimum absolute atomic E-state index is 0.101. The maximum absolute atomic E-state index is 13.7. The molecular weight excluding hydrogens is 281 g/mol. The highest BCUT2D eigenvalue weighted by Crippen LogP contribution is 2.22. The van der Waals surface area contributed by atoms with Crippen LogP contribution in [0.15, 0.2) is 36.4 Å². The lowest BCUT2D eigenvalue weighted by Crippen LogP contribution is -2.17. The Morgan fingerprint density at radius 3 is 2.55 bits per heavy atom. The third kappa shape index (κ3) is 3.07. The second-order valence-electron chi connectivity index (χ2n) is 4.27. The molecule has 0 spiro atoms. The standard InChI is InChI=1S/C14H13ClFN3O/c1-8-2-4-13(11(16)6-8)18-14(20)10-7-9(15)3-5-12(10)19-17/h2-7,19H,17H2,1H3,(H,18,20). The number of carbonyl (C=O) groups excluding carboxylic acids is 1. The molecule has 0 saturated heterocycles. The van der Waals surface area contributed by atoms with Gasteiger partial charge in [0.15, 0.2) is 0 Å². The van der Waals surface area contributed by atoms with Crippen molar-refractivity contribution < 1.29 is 9.18 Å². The Hall–Kier alpha value is -2.11. The molecule has 2 aromatic carbocycles. The zero-order valence-corrected chi connectivity index (χ0v) is 11.5. The summed E-state index contributed by atoms with van der Waals surface area (Å²) < 4.78 is 13.7. The fourth-order valence-electron chi connectivity index (χ4n) is 1.74. The average Bonchev–Trinajstić information content (AvgIpc) is 2.41. The lowest BCUT2D eigenvalue weighted by atomic mass is 10.1. The van der Waals surface area contributed by atoms with Crippen LogP contribution in [0.3, 0.4) is 0 Å². The summed E-state index contributed by atoms with van der Waals surface area (Å²) in [5.74, 6) is 4.34. The average molecular weight is 294 g/mol. The Kier molecular flexibility index (Phi) is 4.22. The second kappa shape index (κ2) is 5.90. The number of hydrogen-bond acceptors (Lipinski definition) is 3. The third-order valence-corrected chi connectivity index (χ3v) is 2.99. The van der Waals surface area contributed by atoms with E-state index in [1.165, 1.54) is 18.2 Å². The van der Waals surface area contributed by atoms with Crippen molar-refractivity contribution >= 4 is 28.9 Å². The first-order valence-electron chi connectivity index (χ1n) is 5.85. The van der Waals surface area contributed by atoms with E-state index >= 15 is 0 Å². The quantitative estimate of drug-likeness (QED) is 0.601. The lowest BCUT2D eigenvalue weighted by molar-refractivity contribution is 0.102. The highest BCUT2D eigenvalue weighted by molar-refractivity contribution is 6.31. The number of halogens is 2. The molecule has 104 valence electrons. The molecule has 6 heteroatoms. The van der Waals surface area contributed by atoms with Crippen molar-refractivity contribution in [2.24, 2.45) is 5.84 Å². The molecule has 4 N–H and O–H groups in total. The van der Waals surface area contributed by atoms with Gasteiger partial charge in [-0.05, 0) is 42.8 Å². The van der Waals surface area contributed by atoms with E-state index in [0.717, 1.165) is 5.56 Å². The Bertz CT molecular complexity index is 661. The number of hydrogen-bond donors (Lipinski definition) is 3. The number of hydrazine groups is 1. The van der Waals surface area contributed by atoms with Gasteiger partial charge in [-0.15, -0.1) is 0 Å². The van der Waals surface area contributed by atoms with E-state index in [9.17, 15) is 9.18 Å². The van der Waals surface area contributed by atoms with E-state index < -0.39 is 11.7 Å². The molecule has 0 saturated carbocycles. The predicted molar refractivity (Wildman–Crippen MR) is 78.4 cm³/mol. The van der Waals surface area contributed by atoms with Gasteiger partial charge in [-0.25, -0.2) is 4.39 Å². The Labute approximate surface area is 120 Å². The van der Waals surface area contributed by atoms with Crippen molar-refractivity contribution in [2.75, 3.05) is 10.7 Å². The molecule has 0 aliphatic carbocycles. The van der Waals surface area contributed by atoms with Crippen LogP contribution in [0.25, 0.3) is 0 Å². The number of nitrogen functional groups attached to an aromatic ring is 1. The molecule has 4 nitrogen and oxygen atoms in total. The molecule has 0 bridgehead atoms. The molecule has 0 aliphatic rings. The zero-order valence-electron chi connectivity index (χ0n) is 10.7. The predicted octanol–water partition coefficient (Wildman–Crippen LogP) is 3.33. The van der Waals surface area contributed by atoms with Crippen molar-refractivity contribution in [3.8, 4) is 0 Å². The molecule has 0 atom stereocenters. The number of nitrogens with one attached hydrogen (secondary N) is 2. The number of nitrogens with two attached hydrogens (primary N) is 1. The maximum Gasteiger partial charge on any atom is 0.257 e. The lowest BCUT2D eigenvalue weighted by Gasteiger charge is -2.11. The van der Waals surface area contributed by atoms with E-state index in [1.54, 1.807) is 25.1 Å². The zero-order chi connectivity index (χ0) is 14.7. The van der Waals surface area contributed by atoms with E-state index in [0.29, 0.717) is 10.7 Å². The molecule has 0 aromatic heterocycles. The number of amides is 1. The highest BCUT2D eigenvalue weighted by atomic mass is 35.5. The van der Waals surface area contributed by atoms with Crippen LogP contribution in [0.4, 0.5) is 15.8 Å². The van der Waals surface area contributed by atoms with Gasteiger partial charge in [0.05, 0.1) is 16.9 Å². The van der Waals surface area contributed by atoms with Gasteiger partial charge < -0.3 is 10.7 Å². The van der Waals surface area contributed by atoms with Crippen LogP contribution < -0.4 is 16.6 Å². The molecule has 0 aliphatic heterocycles. The third-order valence-electron chi connectivity index (χ3n) is 2.75. The van der Waals surface area contributed by atoms with Crippen molar-refractivity contribution in [1.82, 2.24) is 0 Å². The van der Waals surface area contributed by atoms with E-state index in [-0.39, 0.29) is 11.3 Å². The fraction of sp³-hybridized carbons (Fsp3) is 0.0714. The van der Waals surface area contributed by atoms with Crippen molar-refractivity contribution in [3.63, 3.8) is 0 Å². The first kappa shape index (κ1) is 14.3. The summed E-state index contributed by atoms with van der Waals surface area (Å²) in [6, 6.07) is 9.18. The van der Waals surface area contributed by atoms with Gasteiger partial charge in [-0.3, -0.25) is 10.6 Å². The summed E-state index contributed by atoms with van der Waals surface area (Å²) in [5, 5.41) is 2.88. The molecule has 0 radical (unpaired) electrons. The fourth-order valence-corrected chi connectivity index (χ4v) is 1.91. The summed E-state index contributed by atoms with van der Waals surface area (Å²) in [6.45, 7) is 1.77. The first-order chi connectivity index (χ1) is 9.51. The second-order valence-corrected chi connectivity index (χ2v) is 4.71. The normalized spacial score (nSPS) is 10.2. The number of carbonyl (C=O) groups is 1. The van der Waals surface area contributed by atoms with Crippen LogP contribution in [-0.4, -0.2) is 5.91 Å². The summed E-state index contributed by atoms with van der Waals surface area (Å²) in [6.07, 6.45) is 0. The van der Waals surface area contributed by atoms with Crippen LogP contribution in [0, 0.1) is 12.7 Å². The van der Waals surface area contributed by atoms with E-state index in [1.807, 2.05) is 0 Å². The minimum Gasteiger partial charge on any atom is -0.323 e. The monoisotopic (exact) mass is 293 g/mol. The van der Waals surface area contributed by atoms with Gasteiger partial charge in [0, 0.05) is 5.02 Å². The largest absolute Gasteiger partial charge is 0.323 e. The number of benzene rings is 2. The summed E-state index contributed by atoms with van der Waals surface area (Å²) in [5.41, 5.74) is 3.91. The van der Waals surface area contributed by atoms with Gasteiger partial charge in [-0.2, -0.15) is 0 Å². The topological polar surface area (TPSA) is 67.2 Å². The van der Waals surface area contributed by atoms with Crippen molar-refractivity contribution in [1.29, 1.82) is 0 Å². The van der Waals surface area contributed by atoms with Crippen LogP contribution in [-0.2, 0) is 0 Å². The van der Waals surface area contributed by atoms with Gasteiger partial charge in [0.1, 0.15) is 5.82 Å². The number of aryl methyl sites for hydroxylation is 1. The molecule has 1 amide bonds. The van der Waals surface area contributed by atoms with Crippen LogP contribution >= 0.6 is 11.6 Å². The Morgan fingerprint density at radius 1 is 1.20 bits per heavy atom. The van der Waals surface area contributed by atoms with E-state index in [4.69, 9.17) is 17.4 Å². The molecule has 0 fully saturated rings. The number of anilines is 2. The summed E-state index contributed by atoms with van der Waals surface area (Å²) in [7, 11) is 0. The molecular formula is C14H13ClFN3O. The molecule has 20 heavy (non-hydrogen) atoms. The molecule has 0 unspecified atom stereocenters. The Balaban J connectivity index is 2.30. The van der Waals surface area contributed by atoms with Gasteiger partial charge in [0.2, 0.25) is 0 Å². The van der Waals surface area contributed by atoms with Crippen molar-refractivity contribution in [3.05, 3.63) is 58.4 Å². The highest BCUT2D eigenvalue weighted by Gasteiger charge is 2.13. The number of rotatable bonds is 3. The van der Waals surface area contributed by atoms with Crippen LogP contribution in [0.2, 0.25) is 5.02 Å². The summed E-state index contributed by atoms with van der Waals surface area (Å²) in [4.78, 5) is 12.2. The smallest absolute Gasteiger partial charge is 0.257 e. The molecule has 2 rings (SSSR count). The van der Waals surface area contributed by atoms with Crippen molar-refractivity contribution in [2.45, 2.75) is 6.92 Å². The molecule has 0 heterocycles. The van der Waals surface area contributed by atoms with Gasteiger partial charge in [-0.1, -0.05) is 17.7 Å². The van der Waals surface area contributed by atoms with Gasteiger partial charge in [0.25, 0.3) is 5.91 Å².